The number of rotatable bonds is 6. The summed E-state index contributed by atoms with van der Waals surface area (Å²) in [6.07, 6.45) is 0.840. The van der Waals surface area contributed by atoms with Gasteiger partial charge in [0.1, 0.15) is 5.75 Å². The fourth-order valence-corrected chi connectivity index (χ4v) is 3.39. The Morgan fingerprint density at radius 1 is 0.939 bits per heavy atom. The van der Waals surface area contributed by atoms with Crippen molar-refractivity contribution in [2.45, 2.75) is 34.1 Å². The highest BCUT2D eigenvalue weighted by Crippen LogP contribution is 2.23. The number of aryl methyl sites for hydroxylation is 2. The van der Waals surface area contributed by atoms with Crippen molar-refractivity contribution in [3.63, 3.8) is 0 Å². The lowest BCUT2D eigenvalue weighted by atomic mass is 10.1. The molecule has 0 aliphatic carbocycles. The molecule has 8 nitrogen and oxygen atoms in total. The van der Waals surface area contributed by atoms with Crippen LogP contribution in [0.4, 0.5) is 16.2 Å². The minimum absolute atomic E-state index is 0.301. The predicted molar refractivity (Wildman–Crippen MR) is 128 cm³/mol. The lowest BCUT2D eigenvalue weighted by Gasteiger charge is -2.11. The first-order chi connectivity index (χ1) is 15.9. The monoisotopic (exact) mass is 442 g/mol. The number of urea groups is 1. The molecule has 2 aromatic carbocycles. The number of anilines is 2. The number of ether oxygens (including phenoxy) is 1. The molecule has 8 heteroatoms. The van der Waals surface area contributed by atoms with E-state index in [-0.39, 0.29) is 6.03 Å². The standard InChI is InChI=1S/C25H26N6O2/c1-5-19-8-6-7-9-22(19)27-25(32)26-20-10-12-21(13-11-20)33-24-15-14-23(28-29-24)31-18(4)16(2)17(3)30-31/h6-15H,5H2,1-4H3,(H2,26,27,32). The minimum atomic E-state index is -0.301. The van der Waals surface area contributed by atoms with Crippen LogP contribution in [0.3, 0.4) is 0 Å². The molecule has 2 aromatic heterocycles. The molecule has 2 N–H and O–H groups in total. The molecule has 0 radical (unpaired) electrons. The van der Waals surface area contributed by atoms with Crippen LogP contribution < -0.4 is 15.4 Å². The Kier molecular flexibility index (Phi) is 6.35. The maximum absolute atomic E-state index is 12.3. The number of carbonyl (C=O) groups excluding carboxylic acids is 1. The molecule has 0 aliphatic heterocycles. The molecule has 168 valence electrons. The van der Waals surface area contributed by atoms with E-state index in [0.29, 0.717) is 23.1 Å². The summed E-state index contributed by atoms with van der Waals surface area (Å²) in [6.45, 7) is 8.05. The zero-order valence-electron chi connectivity index (χ0n) is 19.1. The molecule has 4 rings (SSSR count). The summed E-state index contributed by atoms with van der Waals surface area (Å²) in [4.78, 5) is 12.3. The molecule has 0 saturated carbocycles. The number of hydrogen-bond donors (Lipinski definition) is 2. The highest BCUT2D eigenvalue weighted by Gasteiger charge is 2.11. The van der Waals surface area contributed by atoms with E-state index < -0.39 is 0 Å². The lowest BCUT2D eigenvalue weighted by Crippen LogP contribution is -2.20. The van der Waals surface area contributed by atoms with Gasteiger partial charge in [0.25, 0.3) is 0 Å². The number of aromatic nitrogens is 4. The molecule has 4 aromatic rings. The van der Waals surface area contributed by atoms with E-state index in [4.69, 9.17) is 4.74 Å². The fraction of sp³-hybridized carbons (Fsp3) is 0.200. The third kappa shape index (κ3) is 5.01. The van der Waals surface area contributed by atoms with Crippen LogP contribution in [0.15, 0.2) is 60.7 Å². The van der Waals surface area contributed by atoms with Crippen molar-refractivity contribution in [1.82, 2.24) is 20.0 Å². The van der Waals surface area contributed by atoms with Crippen LogP contribution in [0, 0.1) is 20.8 Å². The van der Waals surface area contributed by atoms with Gasteiger partial charge in [-0.25, -0.2) is 9.48 Å². The average molecular weight is 443 g/mol. The molecule has 2 heterocycles. The van der Waals surface area contributed by atoms with Crippen molar-refractivity contribution in [1.29, 1.82) is 0 Å². The Morgan fingerprint density at radius 2 is 1.70 bits per heavy atom. The molecule has 0 spiro atoms. The van der Waals surface area contributed by atoms with Crippen molar-refractivity contribution < 1.29 is 9.53 Å². The second-order valence-corrected chi connectivity index (χ2v) is 7.65. The largest absolute Gasteiger partial charge is 0.438 e. The number of hydrogen-bond acceptors (Lipinski definition) is 5. The highest BCUT2D eigenvalue weighted by atomic mass is 16.5. The van der Waals surface area contributed by atoms with Crippen LogP contribution in [0.2, 0.25) is 0 Å². The Bertz CT molecular complexity index is 1260. The minimum Gasteiger partial charge on any atom is -0.438 e. The Labute approximate surface area is 192 Å². The fourth-order valence-electron chi connectivity index (χ4n) is 3.39. The average Bonchev–Trinajstić information content (AvgIpc) is 3.08. The van der Waals surface area contributed by atoms with Crippen LogP contribution in [-0.2, 0) is 6.42 Å². The second kappa shape index (κ2) is 9.52. The van der Waals surface area contributed by atoms with Crippen LogP contribution >= 0.6 is 0 Å². The quantitative estimate of drug-likeness (QED) is 0.406. The summed E-state index contributed by atoms with van der Waals surface area (Å²) in [5, 5.41) is 18.6. The van der Waals surface area contributed by atoms with Crippen LogP contribution in [0.5, 0.6) is 11.6 Å². The van der Waals surface area contributed by atoms with Gasteiger partial charge in [-0.2, -0.15) is 5.10 Å². The van der Waals surface area contributed by atoms with E-state index >= 15 is 0 Å². The number of amides is 2. The second-order valence-electron chi connectivity index (χ2n) is 7.65. The summed E-state index contributed by atoms with van der Waals surface area (Å²) in [5.74, 6) is 1.58. The number of para-hydroxylation sites is 1. The topological polar surface area (TPSA) is 94.0 Å². The molecular weight excluding hydrogens is 416 g/mol. The predicted octanol–water partition coefficient (Wildman–Crippen LogP) is 5.59. The third-order valence-corrected chi connectivity index (χ3v) is 5.48. The molecule has 0 bridgehead atoms. The summed E-state index contributed by atoms with van der Waals surface area (Å²) < 4.78 is 7.55. The van der Waals surface area contributed by atoms with Gasteiger partial charge in [0.2, 0.25) is 5.88 Å². The van der Waals surface area contributed by atoms with E-state index in [1.165, 1.54) is 0 Å². The van der Waals surface area contributed by atoms with Crippen LogP contribution in [-0.4, -0.2) is 26.0 Å². The molecular formula is C25H26N6O2. The number of carbonyl (C=O) groups is 1. The van der Waals surface area contributed by atoms with Crippen molar-refractivity contribution in [2.75, 3.05) is 10.6 Å². The summed E-state index contributed by atoms with van der Waals surface area (Å²) >= 11 is 0. The molecule has 0 aliphatic rings. The van der Waals surface area contributed by atoms with Gasteiger partial charge in [-0.3, -0.25) is 0 Å². The highest BCUT2D eigenvalue weighted by molar-refractivity contribution is 6.00. The maximum Gasteiger partial charge on any atom is 0.323 e. The Hall–Kier alpha value is -4.20. The first kappa shape index (κ1) is 22.0. The summed E-state index contributed by atoms with van der Waals surface area (Å²) in [6, 6.07) is 18.0. The number of benzene rings is 2. The molecule has 0 fully saturated rings. The zero-order valence-corrected chi connectivity index (χ0v) is 19.1. The lowest BCUT2D eigenvalue weighted by molar-refractivity contribution is 0.262. The molecule has 33 heavy (non-hydrogen) atoms. The summed E-state index contributed by atoms with van der Waals surface area (Å²) in [7, 11) is 0. The SMILES string of the molecule is CCc1ccccc1NC(=O)Nc1ccc(Oc2ccc(-n3nc(C)c(C)c3C)nn2)cc1. The van der Waals surface area contributed by atoms with Crippen molar-refractivity contribution in [2.24, 2.45) is 0 Å². The van der Waals surface area contributed by atoms with E-state index in [2.05, 4.69) is 32.9 Å². The Morgan fingerprint density at radius 3 is 2.33 bits per heavy atom. The zero-order chi connectivity index (χ0) is 23.4. The normalized spacial score (nSPS) is 10.7. The van der Waals surface area contributed by atoms with Gasteiger partial charge in [-0.05, 0) is 74.7 Å². The molecule has 0 atom stereocenters. The van der Waals surface area contributed by atoms with Crippen molar-refractivity contribution in [3.8, 4) is 17.4 Å². The maximum atomic E-state index is 12.3. The first-order valence-corrected chi connectivity index (χ1v) is 10.8. The van der Waals surface area contributed by atoms with Gasteiger partial charge >= 0.3 is 6.03 Å². The first-order valence-electron chi connectivity index (χ1n) is 10.8. The van der Waals surface area contributed by atoms with Gasteiger partial charge in [0.15, 0.2) is 5.82 Å². The van der Waals surface area contributed by atoms with E-state index in [0.717, 1.165) is 34.6 Å². The van der Waals surface area contributed by atoms with Gasteiger partial charge in [-0.15, -0.1) is 10.2 Å². The van der Waals surface area contributed by atoms with Crippen LogP contribution in [0.25, 0.3) is 5.82 Å². The van der Waals surface area contributed by atoms with Gasteiger partial charge in [0, 0.05) is 23.1 Å². The van der Waals surface area contributed by atoms with Crippen LogP contribution in [0.1, 0.15) is 29.4 Å². The molecule has 0 unspecified atom stereocenters. The van der Waals surface area contributed by atoms with Crippen molar-refractivity contribution in [3.05, 3.63) is 83.2 Å². The van der Waals surface area contributed by atoms with Gasteiger partial charge in [0.05, 0.1) is 5.69 Å². The molecule has 0 saturated heterocycles. The number of nitrogens with zero attached hydrogens (tertiary/aromatic N) is 4. The number of nitrogens with one attached hydrogen (secondary N) is 2. The smallest absolute Gasteiger partial charge is 0.323 e. The Balaban J connectivity index is 1.37. The third-order valence-electron chi connectivity index (χ3n) is 5.48. The molecule has 2 amide bonds. The van der Waals surface area contributed by atoms with E-state index in [9.17, 15) is 4.79 Å². The summed E-state index contributed by atoms with van der Waals surface area (Å²) in [5.41, 5.74) is 5.66. The van der Waals surface area contributed by atoms with Gasteiger partial charge in [-0.1, -0.05) is 25.1 Å². The van der Waals surface area contributed by atoms with E-state index in [1.807, 2.05) is 51.1 Å². The van der Waals surface area contributed by atoms with Crippen molar-refractivity contribution >= 4 is 17.4 Å². The van der Waals surface area contributed by atoms with Gasteiger partial charge < -0.3 is 15.4 Å². The van der Waals surface area contributed by atoms with E-state index in [1.54, 1.807) is 35.0 Å².